The molecule has 3 nitrogen and oxygen atoms in total. The average molecular weight is 297 g/mol. The van der Waals surface area contributed by atoms with Crippen molar-refractivity contribution in [3.8, 4) is 0 Å². The van der Waals surface area contributed by atoms with Crippen LogP contribution in [0, 0.1) is 5.92 Å². The molecule has 0 aromatic heterocycles. The molecule has 2 aliphatic heterocycles. The van der Waals surface area contributed by atoms with Crippen molar-refractivity contribution in [2.45, 2.75) is 13.0 Å². The first-order valence-corrected chi connectivity index (χ1v) is 7.40. The molecule has 0 saturated carbocycles. The van der Waals surface area contributed by atoms with Crippen LogP contribution in [0.3, 0.4) is 0 Å². The molecule has 0 radical (unpaired) electrons. The van der Waals surface area contributed by atoms with E-state index in [9.17, 15) is 0 Å². The minimum absolute atomic E-state index is 0.141. The molecule has 3 aliphatic rings. The Kier molecular flexibility index (Phi) is 2.82. The fourth-order valence-corrected chi connectivity index (χ4v) is 3.38. The van der Waals surface area contributed by atoms with Crippen molar-refractivity contribution in [1.29, 1.82) is 0 Å². The van der Waals surface area contributed by atoms with Crippen LogP contribution in [-0.2, 0) is 0 Å². The summed E-state index contributed by atoms with van der Waals surface area (Å²) in [4.78, 5) is 3.51. The van der Waals surface area contributed by atoms with Gasteiger partial charge in [0.05, 0.1) is 5.71 Å². The zero-order valence-electron chi connectivity index (χ0n) is 11.6. The highest BCUT2D eigenvalue weighted by Gasteiger charge is 2.41. The summed E-state index contributed by atoms with van der Waals surface area (Å²) in [5.41, 5.74) is 7.92. The molecule has 21 heavy (non-hydrogen) atoms. The number of benzene rings is 1. The maximum Gasteiger partial charge on any atom is 0.282 e. The Bertz CT molecular complexity index is 753. The number of fused-ring (bicyclic) bond motifs is 2. The molecule has 2 atom stereocenters. The number of hydrazone groups is 1. The number of amidine groups is 1. The fraction of sp³-hybridized carbons (Fsp3) is 0.176. The highest BCUT2D eigenvalue weighted by atomic mass is 35.5. The minimum Gasteiger partial charge on any atom is -0.265 e. The van der Waals surface area contributed by atoms with Crippen molar-refractivity contribution >= 4 is 28.7 Å². The molecule has 0 amide bonds. The Morgan fingerprint density at radius 1 is 1.24 bits per heavy atom. The molecular formula is C17H15ClN3+. The quantitative estimate of drug-likeness (QED) is 0.811. The lowest BCUT2D eigenvalue weighted by Crippen LogP contribution is -2.84. The topological polar surface area (TPSA) is 38.4 Å². The smallest absolute Gasteiger partial charge is 0.265 e. The van der Waals surface area contributed by atoms with Gasteiger partial charge in [-0.2, -0.15) is 5.43 Å². The maximum absolute atomic E-state index is 6.23. The van der Waals surface area contributed by atoms with Crippen molar-refractivity contribution in [2.24, 2.45) is 11.0 Å². The molecule has 0 bridgehead atoms. The van der Waals surface area contributed by atoms with Gasteiger partial charge in [-0.05, 0) is 36.3 Å². The van der Waals surface area contributed by atoms with Gasteiger partial charge in [0.25, 0.3) is 5.84 Å². The summed E-state index contributed by atoms with van der Waals surface area (Å²) in [5, 5.41) is 5.15. The molecule has 0 unspecified atom stereocenters. The van der Waals surface area contributed by atoms with Gasteiger partial charge in [-0.3, -0.25) is 4.99 Å². The molecule has 0 fully saturated rings. The highest BCUT2D eigenvalue weighted by molar-refractivity contribution is 6.31. The summed E-state index contributed by atoms with van der Waals surface area (Å²) in [7, 11) is 0. The first kappa shape index (κ1) is 12.6. The van der Waals surface area contributed by atoms with E-state index in [-0.39, 0.29) is 12.0 Å². The third-order valence-corrected chi connectivity index (χ3v) is 4.37. The number of allylic oxidation sites excluding steroid dienone is 2. The number of hydrogen-bond acceptors (Lipinski definition) is 2. The van der Waals surface area contributed by atoms with Gasteiger partial charge in [0.15, 0.2) is 0 Å². The van der Waals surface area contributed by atoms with Crippen molar-refractivity contribution in [3.05, 3.63) is 64.7 Å². The second-order valence-corrected chi connectivity index (χ2v) is 5.89. The monoisotopic (exact) mass is 296 g/mol. The Hall–Kier alpha value is -2.13. The first-order valence-electron chi connectivity index (χ1n) is 7.02. The average Bonchev–Trinajstić information content (AvgIpc) is 2.87. The Morgan fingerprint density at radius 3 is 2.86 bits per heavy atom. The largest absolute Gasteiger partial charge is 0.282 e. The molecule has 1 aromatic rings. The Balaban J connectivity index is 1.96. The van der Waals surface area contributed by atoms with E-state index in [0.29, 0.717) is 0 Å². The van der Waals surface area contributed by atoms with Crippen LogP contribution in [0.25, 0.3) is 5.57 Å². The summed E-state index contributed by atoms with van der Waals surface area (Å²) in [5.74, 6) is 1.21. The Labute approximate surface area is 128 Å². The van der Waals surface area contributed by atoms with E-state index < -0.39 is 0 Å². The molecule has 0 spiro atoms. The summed E-state index contributed by atoms with van der Waals surface area (Å²) in [6.07, 6.45) is 6.10. The van der Waals surface area contributed by atoms with E-state index in [1.165, 1.54) is 16.7 Å². The van der Waals surface area contributed by atoms with Gasteiger partial charge in [0.2, 0.25) is 0 Å². The summed E-state index contributed by atoms with van der Waals surface area (Å²) >= 11 is 6.23. The van der Waals surface area contributed by atoms with Gasteiger partial charge in [0, 0.05) is 10.6 Å². The van der Waals surface area contributed by atoms with Crippen LogP contribution < -0.4 is 10.4 Å². The van der Waals surface area contributed by atoms with Crippen molar-refractivity contribution in [2.75, 3.05) is 0 Å². The lowest BCUT2D eigenvalue weighted by molar-refractivity contribution is -0.482. The molecule has 0 saturated heterocycles. The zero-order valence-corrected chi connectivity index (χ0v) is 12.4. The number of nitrogens with one attached hydrogen (secondary N) is 2. The first-order chi connectivity index (χ1) is 10.2. The van der Waals surface area contributed by atoms with Crippen molar-refractivity contribution < 1.29 is 4.99 Å². The fourth-order valence-electron chi connectivity index (χ4n) is 3.19. The van der Waals surface area contributed by atoms with E-state index in [2.05, 4.69) is 58.9 Å². The predicted molar refractivity (Wildman–Crippen MR) is 85.9 cm³/mol. The van der Waals surface area contributed by atoms with Crippen LogP contribution in [0.4, 0.5) is 0 Å². The second kappa shape index (κ2) is 4.71. The molecule has 104 valence electrons. The maximum atomic E-state index is 6.23. The molecule has 4 rings (SSSR count). The van der Waals surface area contributed by atoms with E-state index in [4.69, 9.17) is 11.6 Å². The number of halogens is 1. The van der Waals surface area contributed by atoms with Crippen LogP contribution >= 0.6 is 11.6 Å². The SMILES string of the molecule is CC1=NNC2=[NH+][C@@H]3C=CC(Cl)=CC3=C(c3ccccc3)[C@H]12. The van der Waals surface area contributed by atoms with Gasteiger partial charge >= 0.3 is 0 Å². The van der Waals surface area contributed by atoms with Crippen LogP contribution in [-0.4, -0.2) is 17.6 Å². The standard InChI is InChI=1S/C17H14ClN3/c1-10-15-16(11-5-3-2-4-6-11)13-9-12(18)7-8-14(13)19-17(15)21-20-10/h2-9,14-15H,1H3,(H,19,21)/p+1/t14-,15+/m1/s1. The van der Waals surface area contributed by atoms with Crippen molar-refractivity contribution in [3.63, 3.8) is 0 Å². The molecule has 1 aliphatic carbocycles. The summed E-state index contributed by atoms with van der Waals surface area (Å²) in [6, 6.07) is 10.6. The van der Waals surface area contributed by atoms with Gasteiger partial charge in [-0.25, -0.2) is 0 Å². The normalized spacial score (nSPS) is 26.5. The van der Waals surface area contributed by atoms with E-state index in [1.807, 2.05) is 12.1 Å². The lowest BCUT2D eigenvalue weighted by Gasteiger charge is -2.26. The van der Waals surface area contributed by atoms with E-state index in [1.54, 1.807) is 0 Å². The lowest BCUT2D eigenvalue weighted by atomic mass is 9.80. The minimum atomic E-state index is 0.141. The number of nitrogens with zero attached hydrogens (tertiary/aromatic N) is 1. The van der Waals surface area contributed by atoms with E-state index in [0.717, 1.165) is 16.6 Å². The zero-order chi connectivity index (χ0) is 14.4. The number of hydrogen-bond donors (Lipinski definition) is 2. The van der Waals surface area contributed by atoms with Gasteiger partial charge in [-0.1, -0.05) is 47.0 Å². The number of rotatable bonds is 1. The molecule has 4 heteroatoms. The molecule has 1 aromatic carbocycles. The summed E-state index contributed by atoms with van der Waals surface area (Å²) in [6.45, 7) is 2.06. The van der Waals surface area contributed by atoms with Gasteiger partial charge in [-0.15, -0.1) is 0 Å². The summed E-state index contributed by atoms with van der Waals surface area (Å²) < 4.78 is 0. The van der Waals surface area contributed by atoms with E-state index >= 15 is 0 Å². The predicted octanol–water partition coefficient (Wildman–Crippen LogP) is 1.59. The van der Waals surface area contributed by atoms with Crippen LogP contribution in [0.5, 0.6) is 0 Å². The molecular weight excluding hydrogens is 282 g/mol. The van der Waals surface area contributed by atoms with Gasteiger partial charge < -0.3 is 0 Å². The molecule has 2 heterocycles. The Morgan fingerprint density at radius 2 is 2.05 bits per heavy atom. The third kappa shape index (κ3) is 1.96. The third-order valence-electron chi connectivity index (χ3n) is 4.13. The van der Waals surface area contributed by atoms with Crippen LogP contribution in [0.2, 0.25) is 0 Å². The second-order valence-electron chi connectivity index (χ2n) is 5.46. The molecule has 2 N–H and O–H groups in total. The van der Waals surface area contributed by atoms with Crippen molar-refractivity contribution in [1.82, 2.24) is 5.43 Å². The van der Waals surface area contributed by atoms with Crippen LogP contribution in [0.15, 0.2) is 64.3 Å². The highest BCUT2D eigenvalue weighted by Crippen LogP contribution is 2.35. The van der Waals surface area contributed by atoms with Crippen LogP contribution in [0.1, 0.15) is 12.5 Å². The van der Waals surface area contributed by atoms with Gasteiger partial charge in [0.1, 0.15) is 12.0 Å².